The van der Waals surface area contributed by atoms with Crippen LogP contribution in [0, 0.1) is 11.2 Å². The maximum atomic E-state index is 13.5. The fourth-order valence-corrected chi connectivity index (χ4v) is 2.76. The van der Waals surface area contributed by atoms with Crippen LogP contribution in [0.2, 0.25) is 0 Å². The summed E-state index contributed by atoms with van der Waals surface area (Å²) in [5, 5.41) is 2.58. The van der Waals surface area contributed by atoms with E-state index >= 15 is 0 Å². The Morgan fingerprint density at radius 1 is 1.42 bits per heavy atom. The molecule has 1 amide bonds. The van der Waals surface area contributed by atoms with Gasteiger partial charge in [0, 0.05) is 6.20 Å². The van der Waals surface area contributed by atoms with Crippen molar-refractivity contribution in [3.63, 3.8) is 0 Å². The van der Waals surface area contributed by atoms with Crippen molar-refractivity contribution in [2.45, 2.75) is 32.1 Å². The van der Waals surface area contributed by atoms with Crippen LogP contribution in [-0.2, 0) is 4.79 Å². The number of nitrogens with one attached hydrogen (secondary N) is 1. The molecule has 19 heavy (non-hydrogen) atoms. The maximum Gasteiger partial charge on any atom is 0.237 e. The standard InChI is InChI=1S/C13H16FN3OS/c14-9-8-16-7-4-10(9)17-12(18)13(11(15)19)5-2-1-3-6-13/h4,7-8H,1-3,5-6H2,(H2,15,19)(H,16,17,18). The number of nitrogens with zero attached hydrogens (tertiary/aromatic N) is 1. The van der Waals surface area contributed by atoms with Crippen molar-refractivity contribution in [3.8, 4) is 0 Å². The maximum absolute atomic E-state index is 13.5. The smallest absolute Gasteiger partial charge is 0.237 e. The number of halogens is 1. The molecular weight excluding hydrogens is 265 g/mol. The summed E-state index contributed by atoms with van der Waals surface area (Å²) in [6.07, 6.45) is 6.62. The Labute approximate surface area is 116 Å². The first-order valence-electron chi connectivity index (χ1n) is 6.27. The van der Waals surface area contributed by atoms with Crippen molar-refractivity contribution in [1.82, 2.24) is 4.98 Å². The average molecular weight is 281 g/mol. The van der Waals surface area contributed by atoms with Crippen molar-refractivity contribution in [3.05, 3.63) is 24.3 Å². The molecule has 1 heterocycles. The van der Waals surface area contributed by atoms with Gasteiger partial charge < -0.3 is 11.1 Å². The Balaban J connectivity index is 2.21. The molecule has 1 aliphatic rings. The van der Waals surface area contributed by atoms with Crippen molar-refractivity contribution in [1.29, 1.82) is 0 Å². The van der Waals surface area contributed by atoms with Gasteiger partial charge in [-0.1, -0.05) is 31.5 Å². The van der Waals surface area contributed by atoms with Crippen molar-refractivity contribution >= 4 is 28.8 Å². The van der Waals surface area contributed by atoms with Crippen LogP contribution in [0.25, 0.3) is 0 Å². The number of carbonyl (C=O) groups excluding carboxylic acids is 1. The lowest BCUT2D eigenvalue weighted by Crippen LogP contribution is -2.47. The van der Waals surface area contributed by atoms with Gasteiger partial charge in [-0.05, 0) is 18.9 Å². The molecule has 0 aromatic carbocycles. The zero-order valence-electron chi connectivity index (χ0n) is 10.5. The number of hydrogen-bond acceptors (Lipinski definition) is 3. The topological polar surface area (TPSA) is 68.0 Å². The molecule has 102 valence electrons. The lowest BCUT2D eigenvalue weighted by Gasteiger charge is -2.34. The number of rotatable bonds is 3. The van der Waals surface area contributed by atoms with Crippen LogP contribution in [0.4, 0.5) is 10.1 Å². The summed E-state index contributed by atoms with van der Waals surface area (Å²) in [5.41, 5.74) is 5.03. The predicted molar refractivity (Wildman–Crippen MR) is 75.1 cm³/mol. The molecule has 1 aliphatic carbocycles. The molecule has 0 unspecified atom stereocenters. The highest BCUT2D eigenvalue weighted by Gasteiger charge is 2.42. The number of hydrogen-bond donors (Lipinski definition) is 2. The second-order valence-corrected chi connectivity index (χ2v) is 5.26. The summed E-state index contributed by atoms with van der Waals surface area (Å²) < 4.78 is 13.5. The van der Waals surface area contributed by atoms with E-state index in [-0.39, 0.29) is 16.6 Å². The number of nitrogens with two attached hydrogens (primary N) is 1. The summed E-state index contributed by atoms with van der Waals surface area (Å²) in [6.45, 7) is 0. The monoisotopic (exact) mass is 281 g/mol. The van der Waals surface area contributed by atoms with Gasteiger partial charge in [0.2, 0.25) is 5.91 Å². The third kappa shape index (κ3) is 2.73. The van der Waals surface area contributed by atoms with E-state index in [2.05, 4.69) is 10.3 Å². The lowest BCUT2D eigenvalue weighted by atomic mass is 9.73. The van der Waals surface area contributed by atoms with Gasteiger partial charge in [-0.15, -0.1) is 0 Å². The molecule has 0 atom stereocenters. The van der Waals surface area contributed by atoms with Gasteiger partial charge in [0.25, 0.3) is 0 Å². The van der Waals surface area contributed by atoms with Crippen molar-refractivity contribution in [2.24, 2.45) is 11.1 Å². The van der Waals surface area contributed by atoms with Gasteiger partial charge in [-0.3, -0.25) is 9.78 Å². The minimum Gasteiger partial charge on any atom is -0.392 e. The number of aromatic nitrogens is 1. The van der Waals surface area contributed by atoms with Crippen LogP contribution in [0.3, 0.4) is 0 Å². The number of anilines is 1. The third-order valence-corrected chi connectivity index (χ3v) is 4.02. The second kappa shape index (κ2) is 5.61. The predicted octanol–water partition coefficient (Wildman–Crippen LogP) is 2.40. The lowest BCUT2D eigenvalue weighted by molar-refractivity contribution is -0.123. The van der Waals surface area contributed by atoms with E-state index in [0.717, 1.165) is 25.5 Å². The fourth-order valence-electron chi connectivity index (χ4n) is 2.46. The van der Waals surface area contributed by atoms with E-state index in [1.54, 1.807) is 0 Å². The molecule has 3 N–H and O–H groups in total. The van der Waals surface area contributed by atoms with E-state index in [0.29, 0.717) is 12.8 Å². The molecule has 0 aliphatic heterocycles. The first-order valence-corrected chi connectivity index (χ1v) is 6.68. The highest BCUT2D eigenvalue weighted by Crippen LogP contribution is 2.37. The summed E-state index contributed by atoms with van der Waals surface area (Å²) in [6, 6.07) is 1.42. The number of amides is 1. The molecular formula is C13H16FN3OS. The van der Waals surface area contributed by atoms with E-state index in [9.17, 15) is 9.18 Å². The van der Waals surface area contributed by atoms with Gasteiger partial charge in [0.1, 0.15) is 0 Å². The molecule has 2 rings (SSSR count). The molecule has 0 bridgehead atoms. The Bertz CT molecular complexity index is 500. The molecule has 0 radical (unpaired) electrons. The van der Waals surface area contributed by atoms with Crippen LogP contribution in [0.5, 0.6) is 0 Å². The number of pyridine rings is 1. The molecule has 6 heteroatoms. The molecule has 1 saturated carbocycles. The van der Waals surface area contributed by atoms with Gasteiger partial charge >= 0.3 is 0 Å². The zero-order valence-corrected chi connectivity index (χ0v) is 11.3. The average Bonchev–Trinajstić information content (AvgIpc) is 2.42. The third-order valence-electron chi connectivity index (χ3n) is 3.63. The van der Waals surface area contributed by atoms with Crippen LogP contribution in [0.15, 0.2) is 18.5 Å². The first kappa shape index (κ1) is 13.9. The largest absolute Gasteiger partial charge is 0.392 e. The Kier molecular flexibility index (Phi) is 4.09. The summed E-state index contributed by atoms with van der Waals surface area (Å²) in [7, 11) is 0. The summed E-state index contributed by atoms with van der Waals surface area (Å²) in [5.74, 6) is -0.880. The van der Waals surface area contributed by atoms with Crippen molar-refractivity contribution in [2.75, 3.05) is 5.32 Å². The van der Waals surface area contributed by atoms with Crippen LogP contribution >= 0.6 is 12.2 Å². The highest BCUT2D eigenvalue weighted by atomic mass is 32.1. The van der Waals surface area contributed by atoms with Crippen LogP contribution in [0.1, 0.15) is 32.1 Å². The molecule has 1 aromatic heterocycles. The van der Waals surface area contributed by atoms with Gasteiger partial charge in [-0.25, -0.2) is 4.39 Å². The Morgan fingerprint density at radius 3 is 2.68 bits per heavy atom. The fraction of sp³-hybridized carbons (Fsp3) is 0.462. The second-order valence-electron chi connectivity index (χ2n) is 4.82. The quantitative estimate of drug-likeness (QED) is 0.835. The van der Waals surface area contributed by atoms with Gasteiger partial charge in [0.15, 0.2) is 5.82 Å². The molecule has 0 spiro atoms. The number of carbonyl (C=O) groups is 1. The number of thiocarbonyl (C=S) groups is 1. The SMILES string of the molecule is NC(=S)C1(C(=O)Nc2ccncc2F)CCCCC1. The van der Waals surface area contributed by atoms with Crippen LogP contribution < -0.4 is 11.1 Å². The first-order chi connectivity index (χ1) is 9.06. The minimum absolute atomic E-state index is 0.112. The van der Waals surface area contributed by atoms with E-state index < -0.39 is 11.2 Å². The molecule has 0 saturated heterocycles. The normalized spacial score (nSPS) is 17.7. The van der Waals surface area contributed by atoms with E-state index in [1.165, 1.54) is 12.3 Å². The summed E-state index contributed by atoms with van der Waals surface area (Å²) in [4.78, 5) is 16.3. The molecule has 4 nitrogen and oxygen atoms in total. The van der Waals surface area contributed by atoms with E-state index in [4.69, 9.17) is 18.0 Å². The Hall–Kier alpha value is -1.56. The Morgan fingerprint density at radius 2 is 2.11 bits per heavy atom. The van der Waals surface area contributed by atoms with Gasteiger partial charge in [0.05, 0.1) is 22.3 Å². The van der Waals surface area contributed by atoms with Crippen molar-refractivity contribution < 1.29 is 9.18 Å². The van der Waals surface area contributed by atoms with Crippen LogP contribution in [-0.4, -0.2) is 15.9 Å². The molecule has 1 aromatic rings. The summed E-state index contributed by atoms with van der Waals surface area (Å²) >= 11 is 5.06. The van der Waals surface area contributed by atoms with E-state index in [1.807, 2.05) is 0 Å². The highest BCUT2D eigenvalue weighted by molar-refractivity contribution is 7.80. The van der Waals surface area contributed by atoms with Gasteiger partial charge in [-0.2, -0.15) is 0 Å². The minimum atomic E-state index is -0.844. The zero-order chi connectivity index (χ0) is 13.9. The molecule has 1 fully saturated rings.